The van der Waals surface area contributed by atoms with E-state index in [1.165, 1.54) is 0 Å². The van der Waals surface area contributed by atoms with E-state index in [0.717, 1.165) is 12.0 Å². The first-order valence-electron chi connectivity index (χ1n) is 6.02. The Bertz CT molecular complexity index is 365. The molecule has 1 atom stereocenters. The van der Waals surface area contributed by atoms with Crippen LogP contribution >= 0.6 is 0 Å². The molecule has 0 heterocycles. The monoisotopic (exact) mass is 248 g/mol. The molecule has 0 saturated heterocycles. The highest BCUT2D eigenvalue weighted by molar-refractivity contribution is 5.82. The molecule has 0 fully saturated rings. The predicted molar refractivity (Wildman–Crippen MR) is 72.0 cm³/mol. The van der Waals surface area contributed by atoms with Gasteiger partial charge >= 0.3 is 0 Å². The largest absolute Gasteiger partial charge is 0.379 e. The maximum absolute atomic E-state index is 11.7. The topological polar surface area (TPSA) is 64.3 Å². The van der Waals surface area contributed by atoms with Gasteiger partial charge in [-0.1, -0.05) is 36.4 Å². The number of carbonyl (C=O) groups is 1. The van der Waals surface area contributed by atoms with Gasteiger partial charge in [0.1, 0.15) is 6.04 Å². The van der Waals surface area contributed by atoms with Crippen molar-refractivity contribution in [2.75, 3.05) is 19.8 Å². The zero-order chi connectivity index (χ0) is 13.2. The lowest BCUT2D eigenvalue weighted by atomic mass is 10.1. The maximum Gasteiger partial charge on any atom is 0.241 e. The fraction of sp³-hybridized carbons (Fsp3) is 0.357. The van der Waals surface area contributed by atoms with E-state index in [0.29, 0.717) is 19.8 Å². The zero-order valence-electron chi connectivity index (χ0n) is 10.5. The number of hydrogen-bond donors (Lipinski definition) is 2. The van der Waals surface area contributed by atoms with Crippen LogP contribution in [0.15, 0.2) is 43.0 Å². The number of nitrogens with one attached hydrogen (secondary N) is 1. The average Bonchev–Trinajstić information content (AvgIpc) is 2.42. The molecule has 18 heavy (non-hydrogen) atoms. The molecule has 0 radical (unpaired) electrons. The molecule has 0 bridgehead atoms. The SMILES string of the molecule is C=CCCOCCNC(=O)C(N)c1ccccc1. The summed E-state index contributed by atoms with van der Waals surface area (Å²) in [4.78, 5) is 11.7. The van der Waals surface area contributed by atoms with Gasteiger partial charge in [0.2, 0.25) is 5.91 Å². The molecule has 1 aromatic carbocycles. The molecule has 0 aliphatic rings. The Balaban J connectivity index is 2.22. The summed E-state index contributed by atoms with van der Waals surface area (Å²) in [5.74, 6) is -0.187. The van der Waals surface area contributed by atoms with E-state index in [2.05, 4.69) is 11.9 Å². The molecule has 0 aromatic heterocycles. The van der Waals surface area contributed by atoms with Gasteiger partial charge in [-0.3, -0.25) is 4.79 Å². The highest BCUT2D eigenvalue weighted by atomic mass is 16.5. The molecule has 0 aliphatic carbocycles. The van der Waals surface area contributed by atoms with Gasteiger partial charge in [0.25, 0.3) is 0 Å². The van der Waals surface area contributed by atoms with Gasteiger partial charge in [-0.05, 0) is 12.0 Å². The summed E-state index contributed by atoms with van der Waals surface area (Å²) in [5, 5.41) is 2.74. The predicted octanol–water partition coefficient (Wildman–Crippen LogP) is 1.40. The van der Waals surface area contributed by atoms with E-state index in [1.807, 2.05) is 30.3 Å². The van der Waals surface area contributed by atoms with Crippen molar-refractivity contribution < 1.29 is 9.53 Å². The Kier molecular flexibility index (Phi) is 6.76. The fourth-order valence-electron chi connectivity index (χ4n) is 1.44. The highest BCUT2D eigenvalue weighted by Gasteiger charge is 2.14. The number of hydrogen-bond acceptors (Lipinski definition) is 3. The van der Waals surface area contributed by atoms with Crippen LogP contribution in [0.4, 0.5) is 0 Å². The van der Waals surface area contributed by atoms with E-state index >= 15 is 0 Å². The summed E-state index contributed by atoms with van der Waals surface area (Å²) in [7, 11) is 0. The van der Waals surface area contributed by atoms with E-state index in [-0.39, 0.29) is 5.91 Å². The van der Waals surface area contributed by atoms with Crippen molar-refractivity contribution in [1.29, 1.82) is 0 Å². The number of rotatable bonds is 8. The van der Waals surface area contributed by atoms with Crippen LogP contribution in [0.3, 0.4) is 0 Å². The molecule has 1 rings (SSSR count). The second-order valence-electron chi connectivity index (χ2n) is 3.87. The quantitative estimate of drug-likeness (QED) is 0.540. The number of nitrogens with two attached hydrogens (primary N) is 1. The lowest BCUT2D eigenvalue weighted by Gasteiger charge is -2.12. The maximum atomic E-state index is 11.7. The Labute approximate surface area is 108 Å². The molecule has 1 unspecified atom stereocenters. The van der Waals surface area contributed by atoms with E-state index in [9.17, 15) is 4.79 Å². The van der Waals surface area contributed by atoms with Gasteiger partial charge in [-0.2, -0.15) is 0 Å². The third kappa shape index (κ3) is 5.12. The third-order valence-corrected chi connectivity index (χ3v) is 2.45. The molecule has 98 valence electrons. The van der Waals surface area contributed by atoms with Crippen molar-refractivity contribution in [2.45, 2.75) is 12.5 Å². The van der Waals surface area contributed by atoms with Crippen LogP contribution in [-0.4, -0.2) is 25.7 Å². The second kappa shape index (κ2) is 8.44. The van der Waals surface area contributed by atoms with Crippen LogP contribution in [0.25, 0.3) is 0 Å². The van der Waals surface area contributed by atoms with Crippen LogP contribution in [0.1, 0.15) is 18.0 Å². The molecule has 4 heteroatoms. The molecule has 0 saturated carbocycles. The minimum absolute atomic E-state index is 0.187. The summed E-state index contributed by atoms with van der Waals surface area (Å²) < 4.78 is 5.28. The minimum Gasteiger partial charge on any atom is -0.379 e. The lowest BCUT2D eigenvalue weighted by Crippen LogP contribution is -2.36. The molecule has 0 aliphatic heterocycles. The minimum atomic E-state index is -0.626. The van der Waals surface area contributed by atoms with Crippen LogP contribution in [0.5, 0.6) is 0 Å². The van der Waals surface area contributed by atoms with Crippen molar-refractivity contribution in [1.82, 2.24) is 5.32 Å². The average molecular weight is 248 g/mol. The molecular weight excluding hydrogens is 228 g/mol. The molecule has 4 nitrogen and oxygen atoms in total. The molecule has 0 spiro atoms. The Morgan fingerprint density at radius 3 is 2.78 bits per heavy atom. The van der Waals surface area contributed by atoms with Crippen LogP contribution in [-0.2, 0) is 9.53 Å². The van der Waals surface area contributed by atoms with Crippen LogP contribution in [0, 0.1) is 0 Å². The normalized spacial score (nSPS) is 11.8. The summed E-state index contributed by atoms with van der Waals surface area (Å²) in [5.41, 5.74) is 6.64. The van der Waals surface area contributed by atoms with Crippen molar-refractivity contribution >= 4 is 5.91 Å². The number of benzene rings is 1. The van der Waals surface area contributed by atoms with Crippen molar-refractivity contribution in [3.05, 3.63) is 48.6 Å². The Morgan fingerprint density at radius 1 is 1.39 bits per heavy atom. The lowest BCUT2D eigenvalue weighted by molar-refractivity contribution is -0.122. The van der Waals surface area contributed by atoms with Crippen molar-refractivity contribution in [3.63, 3.8) is 0 Å². The molecule has 1 amide bonds. The van der Waals surface area contributed by atoms with Crippen molar-refractivity contribution in [2.24, 2.45) is 5.73 Å². The number of ether oxygens (including phenoxy) is 1. The second-order valence-corrected chi connectivity index (χ2v) is 3.87. The summed E-state index contributed by atoms with van der Waals surface area (Å²) in [6.45, 7) is 5.18. The van der Waals surface area contributed by atoms with Crippen molar-refractivity contribution in [3.8, 4) is 0 Å². The Hall–Kier alpha value is -1.65. The summed E-state index contributed by atoms with van der Waals surface area (Å²) in [6, 6.07) is 8.67. The van der Waals surface area contributed by atoms with Gasteiger partial charge in [-0.15, -0.1) is 6.58 Å². The highest BCUT2D eigenvalue weighted by Crippen LogP contribution is 2.08. The number of amides is 1. The van der Waals surface area contributed by atoms with Crippen LogP contribution < -0.4 is 11.1 Å². The molecule has 1 aromatic rings. The third-order valence-electron chi connectivity index (χ3n) is 2.45. The number of carbonyl (C=O) groups excluding carboxylic acids is 1. The van der Waals surface area contributed by atoms with E-state index < -0.39 is 6.04 Å². The molecule has 3 N–H and O–H groups in total. The first-order valence-corrected chi connectivity index (χ1v) is 6.02. The summed E-state index contributed by atoms with van der Waals surface area (Å²) in [6.07, 6.45) is 2.61. The van der Waals surface area contributed by atoms with E-state index in [4.69, 9.17) is 10.5 Å². The van der Waals surface area contributed by atoms with E-state index in [1.54, 1.807) is 6.08 Å². The fourth-order valence-corrected chi connectivity index (χ4v) is 1.44. The zero-order valence-corrected chi connectivity index (χ0v) is 10.5. The Morgan fingerprint density at radius 2 is 2.11 bits per heavy atom. The molecular formula is C14H20N2O2. The first-order chi connectivity index (χ1) is 8.75. The van der Waals surface area contributed by atoms with Gasteiger partial charge in [-0.25, -0.2) is 0 Å². The first kappa shape index (κ1) is 14.4. The van der Waals surface area contributed by atoms with Gasteiger partial charge in [0.15, 0.2) is 0 Å². The van der Waals surface area contributed by atoms with Gasteiger partial charge < -0.3 is 15.8 Å². The van der Waals surface area contributed by atoms with Gasteiger partial charge in [0, 0.05) is 6.54 Å². The van der Waals surface area contributed by atoms with Gasteiger partial charge in [0.05, 0.1) is 13.2 Å². The standard InChI is InChI=1S/C14H20N2O2/c1-2-3-10-18-11-9-16-14(17)13(15)12-7-5-4-6-8-12/h2,4-8,13H,1,3,9-11,15H2,(H,16,17). The smallest absolute Gasteiger partial charge is 0.241 e. The van der Waals surface area contributed by atoms with Crippen LogP contribution in [0.2, 0.25) is 0 Å². The summed E-state index contributed by atoms with van der Waals surface area (Å²) >= 11 is 0.